The average Bonchev–Trinajstić information content (AvgIpc) is 3.12. The van der Waals surface area contributed by atoms with Gasteiger partial charge in [-0.2, -0.15) is 0 Å². The maximum atomic E-state index is 12.6. The zero-order chi connectivity index (χ0) is 17.8. The second-order valence-electron chi connectivity index (χ2n) is 5.49. The predicted molar refractivity (Wildman–Crippen MR) is 91.1 cm³/mol. The molecule has 6 nitrogen and oxygen atoms in total. The van der Waals surface area contributed by atoms with Crippen molar-refractivity contribution in [2.75, 3.05) is 28.1 Å². The Morgan fingerprint density at radius 1 is 1.16 bits per heavy atom. The number of carbonyl (C=O) groups excluding carboxylic acids is 1. The van der Waals surface area contributed by atoms with Gasteiger partial charge in [0, 0.05) is 13.5 Å². The van der Waals surface area contributed by atoms with Crippen molar-refractivity contribution >= 4 is 11.9 Å². The van der Waals surface area contributed by atoms with Gasteiger partial charge in [-0.15, -0.1) is 0 Å². The lowest BCUT2D eigenvalue weighted by Crippen LogP contribution is -2.23. The van der Waals surface area contributed by atoms with Crippen molar-refractivity contribution in [2.24, 2.45) is 0 Å². The third-order valence-corrected chi connectivity index (χ3v) is 4.09. The first-order valence-corrected chi connectivity index (χ1v) is 7.85. The molecule has 1 aromatic rings. The molecule has 6 heteroatoms. The van der Waals surface area contributed by atoms with E-state index in [4.69, 9.17) is 23.7 Å². The lowest BCUT2D eigenvalue weighted by molar-refractivity contribution is -0.111. The molecule has 3 rings (SSSR count). The van der Waals surface area contributed by atoms with E-state index in [0.717, 1.165) is 5.56 Å². The summed E-state index contributed by atoms with van der Waals surface area (Å²) in [6, 6.07) is 5.51. The fourth-order valence-corrected chi connectivity index (χ4v) is 2.83. The average molecular weight is 344 g/mol. The summed E-state index contributed by atoms with van der Waals surface area (Å²) in [7, 11) is 4.64. The number of rotatable bonds is 6. The molecule has 0 spiro atoms. The Labute approximate surface area is 146 Å². The highest BCUT2D eigenvalue weighted by Crippen LogP contribution is 2.33. The highest BCUT2D eigenvalue weighted by molar-refractivity contribution is 6.09. The molecule has 0 N–H and O–H groups in total. The second kappa shape index (κ2) is 7.44. The third kappa shape index (κ3) is 3.39. The molecule has 0 saturated heterocycles. The minimum Gasteiger partial charge on any atom is -0.494 e. The van der Waals surface area contributed by atoms with E-state index >= 15 is 0 Å². The van der Waals surface area contributed by atoms with Crippen molar-refractivity contribution in [3.8, 4) is 11.5 Å². The van der Waals surface area contributed by atoms with Gasteiger partial charge in [0.05, 0.1) is 19.8 Å². The van der Waals surface area contributed by atoms with Gasteiger partial charge in [-0.25, -0.2) is 0 Å². The molecule has 25 heavy (non-hydrogen) atoms. The van der Waals surface area contributed by atoms with E-state index < -0.39 is 0 Å². The topological polar surface area (TPSA) is 63.2 Å². The zero-order valence-corrected chi connectivity index (χ0v) is 14.4. The molecule has 1 heterocycles. The molecule has 0 fully saturated rings. The molecule has 1 aliphatic heterocycles. The number of methoxy groups -OCH3 is 3. The Bertz CT molecular complexity index is 759. The molecule has 0 aromatic heterocycles. The molecule has 1 aliphatic carbocycles. The molecule has 0 amide bonds. The van der Waals surface area contributed by atoms with E-state index in [9.17, 15) is 4.79 Å². The van der Waals surface area contributed by atoms with Gasteiger partial charge in [-0.1, -0.05) is 18.2 Å². The van der Waals surface area contributed by atoms with Gasteiger partial charge in [0.15, 0.2) is 28.8 Å². The van der Waals surface area contributed by atoms with Gasteiger partial charge >= 0.3 is 0 Å². The monoisotopic (exact) mass is 344 g/mol. The number of hydrogen-bond donors (Lipinski definition) is 0. The van der Waals surface area contributed by atoms with Crippen LogP contribution in [0.3, 0.4) is 0 Å². The van der Waals surface area contributed by atoms with Gasteiger partial charge in [0.2, 0.25) is 6.79 Å². The van der Waals surface area contributed by atoms with E-state index in [-0.39, 0.29) is 18.7 Å². The largest absolute Gasteiger partial charge is 0.494 e. The molecular weight excluding hydrogens is 324 g/mol. The van der Waals surface area contributed by atoms with Crippen molar-refractivity contribution in [1.82, 2.24) is 0 Å². The van der Waals surface area contributed by atoms with E-state index in [1.165, 1.54) is 20.3 Å². The molecule has 1 atom stereocenters. The first-order chi connectivity index (χ1) is 12.2. The van der Waals surface area contributed by atoms with Crippen molar-refractivity contribution < 1.29 is 28.5 Å². The van der Waals surface area contributed by atoms with E-state index in [1.807, 2.05) is 24.3 Å². The van der Waals surface area contributed by atoms with Gasteiger partial charge in [-0.3, -0.25) is 4.79 Å². The minimum atomic E-state index is -0.255. The Morgan fingerprint density at radius 2 is 1.96 bits per heavy atom. The van der Waals surface area contributed by atoms with Crippen LogP contribution in [-0.2, 0) is 19.0 Å². The summed E-state index contributed by atoms with van der Waals surface area (Å²) in [5, 5.41) is 0. The summed E-state index contributed by atoms with van der Waals surface area (Å²) in [5.74, 6) is 2.14. The van der Waals surface area contributed by atoms with Crippen LogP contribution in [0, 0.1) is 0 Å². The molecule has 0 bridgehead atoms. The molecule has 1 unspecified atom stereocenters. The lowest BCUT2D eigenvalue weighted by atomic mass is 9.97. The number of ether oxygens (including phenoxy) is 5. The summed E-state index contributed by atoms with van der Waals surface area (Å²) in [4.78, 5) is 12.6. The summed E-state index contributed by atoms with van der Waals surface area (Å²) in [6.45, 7) is 0.219. The van der Waals surface area contributed by atoms with Crippen LogP contribution in [0.25, 0.3) is 6.08 Å². The second-order valence-corrected chi connectivity index (χ2v) is 5.49. The summed E-state index contributed by atoms with van der Waals surface area (Å²) < 4.78 is 26.7. The fraction of sp³-hybridized carbons (Fsp3) is 0.316. The lowest BCUT2D eigenvalue weighted by Gasteiger charge is -2.24. The SMILES string of the molecule is COC1=C(OC)C(OC)CC=C1C(=O)/C=C/c1ccc2c(c1)OCO2. The van der Waals surface area contributed by atoms with Crippen LogP contribution in [0.2, 0.25) is 0 Å². The minimum absolute atomic E-state index is 0.168. The standard InChI is InChI=1S/C19H20O6/c1-21-16-9-6-13(18(22-2)19(16)23-3)14(20)7-4-12-5-8-15-17(10-12)25-11-24-15/h4-8,10,16H,9,11H2,1-3H3/b7-4+. The maximum Gasteiger partial charge on any atom is 0.231 e. The number of carbonyl (C=O) groups is 1. The Hall–Kier alpha value is -2.73. The summed E-state index contributed by atoms with van der Waals surface area (Å²) in [5.41, 5.74) is 1.31. The van der Waals surface area contributed by atoms with Crippen LogP contribution in [-0.4, -0.2) is 40.0 Å². The van der Waals surface area contributed by atoms with Crippen LogP contribution in [0.4, 0.5) is 0 Å². The van der Waals surface area contributed by atoms with Crippen molar-refractivity contribution in [2.45, 2.75) is 12.5 Å². The fourth-order valence-electron chi connectivity index (χ4n) is 2.83. The summed E-state index contributed by atoms with van der Waals surface area (Å²) >= 11 is 0. The number of benzene rings is 1. The van der Waals surface area contributed by atoms with Gasteiger partial charge in [0.1, 0.15) is 6.10 Å². The molecule has 0 radical (unpaired) electrons. The third-order valence-electron chi connectivity index (χ3n) is 4.09. The molecule has 2 aliphatic rings. The normalized spacial score (nSPS) is 19.2. The maximum absolute atomic E-state index is 12.6. The molecule has 132 valence electrons. The van der Waals surface area contributed by atoms with Crippen molar-refractivity contribution in [3.63, 3.8) is 0 Å². The highest BCUT2D eigenvalue weighted by Gasteiger charge is 2.29. The van der Waals surface area contributed by atoms with E-state index in [2.05, 4.69) is 0 Å². The van der Waals surface area contributed by atoms with Gasteiger partial charge < -0.3 is 23.7 Å². The van der Waals surface area contributed by atoms with E-state index in [1.54, 1.807) is 13.2 Å². The number of allylic oxidation sites excluding steroid dienone is 2. The van der Waals surface area contributed by atoms with Crippen LogP contribution in [0.15, 0.2) is 47.4 Å². The van der Waals surface area contributed by atoms with Crippen LogP contribution in [0.1, 0.15) is 12.0 Å². The first kappa shape index (κ1) is 17.1. The van der Waals surface area contributed by atoms with Crippen LogP contribution < -0.4 is 9.47 Å². The zero-order valence-electron chi connectivity index (χ0n) is 14.4. The Morgan fingerprint density at radius 3 is 2.68 bits per heavy atom. The van der Waals surface area contributed by atoms with Gasteiger partial charge in [-0.05, 0) is 23.8 Å². The predicted octanol–water partition coefficient (Wildman–Crippen LogP) is 2.85. The van der Waals surface area contributed by atoms with Crippen LogP contribution in [0.5, 0.6) is 11.5 Å². The van der Waals surface area contributed by atoms with Crippen molar-refractivity contribution in [1.29, 1.82) is 0 Å². The number of ketones is 1. The van der Waals surface area contributed by atoms with Gasteiger partial charge in [0.25, 0.3) is 0 Å². The smallest absolute Gasteiger partial charge is 0.231 e. The molecule has 0 saturated carbocycles. The molecular formula is C19H20O6. The Kier molecular flexibility index (Phi) is 5.09. The number of fused-ring (bicyclic) bond motifs is 1. The summed E-state index contributed by atoms with van der Waals surface area (Å²) in [6.07, 6.45) is 5.33. The Balaban J connectivity index is 1.80. The molecule has 1 aromatic carbocycles. The first-order valence-electron chi connectivity index (χ1n) is 7.85. The van der Waals surface area contributed by atoms with Crippen molar-refractivity contribution in [3.05, 3.63) is 53.0 Å². The van der Waals surface area contributed by atoms with E-state index in [0.29, 0.717) is 35.0 Å². The number of hydrogen-bond acceptors (Lipinski definition) is 6. The van der Waals surface area contributed by atoms with Crippen LogP contribution >= 0.6 is 0 Å². The highest BCUT2D eigenvalue weighted by atomic mass is 16.7. The quantitative estimate of drug-likeness (QED) is 0.740.